The van der Waals surface area contributed by atoms with E-state index < -0.39 is 17.5 Å². The van der Waals surface area contributed by atoms with Crippen molar-refractivity contribution < 1.29 is 13.6 Å². The highest BCUT2D eigenvalue weighted by molar-refractivity contribution is 6.03. The second-order valence-corrected chi connectivity index (χ2v) is 4.01. The Hall–Kier alpha value is -2.37. The van der Waals surface area contributed by atoms with Gasteiger partial charge in [-0.1, -0.05) is 0 Å². The van der Waals surface area contributed by atoms with E-state index in [4.69, 9.17) is 0 Å². The van der Waals surface area contributed by atoms with E-state index in [1.54, 1.807) is 13.8 Å². The Labute approximate surface area is 108 Å². The molecule has 0 unspecified atom stereocenters. The average molecular weight is 263 g/mol. The molecule has 4 nitrogen and oxygen atoms in total. The average Bonchev–Trinajstić information content (AvgIpc) is 2.36. The number of nitrogens with zero attached hydrogens (tertiary/aromatic N) is 2. The second-order valence-electron chi connectivity index (χ2n) is 4.01. The third-order valence-corrected chi connectivity index (χ3v) is 2.73. The highest BCUT2D eigenvalue weighted by atomic mass is 19.1. The molecule has 6 heteroatoms. The van der Waals surface area contributed by atoms with Gasteiger partial charge in [-0.25, -0.2) is 18.7 Å². The molecule has 0 bridgehead atoms. The van der Waals surface area contributed by atoms with Crippen LogP contribution < -0.4 is 5.32 Å². The predicted molar refractivity (Wildman–Crippen MR) is 65.8 cm³/mol. The third kappa shape index (κ3) is 2.73. The van der Waals surface area contributed by atoms with E-state index in [2.05, 4.69) is 15.3 Å². The quantitative estimate of drug-likeness (QED) is 0.906. The van der Waals surface area contributed by atoms with Crippen molar-refractivity contribution in [3.8, 4) is 0 Å². The first-order valence-corrected chi connectivity index (χ1v) is 5.53. The van der Waals surface area contributed by atoms with Gasteiger partial charge in [0.25, 0.3) is 5.91 Å². The first kappa shape index (κ1) is 13.1. The number of benzene rings is 1. The second kappa shape index (κ2) is 5.09. The maximum atomic E-state index is 13.4. The van der Waals surface area contributed by atoms with Crippen molar-refractivity contribution in [2.24, 2.45) is 0 Å². The molecule has 0 radical (unpaired) electrons. The van der Waals surface area contributed by atoms with Crippen molar-refractivity contribution in [2.75, 3.05) is 5.32 Å². The van der Waals surface area contributed by atoms with Gasteiger partial charge in [0.1, 0.15) is 23.7 Å². The first-order chi connectivity index (χ1) is 8.99. The van der Waals surface area contributed by atoms with Crippen LogP contribution in [0.25, 0.3) is 0 Å². The number of rotatable bonds is 2. The molecular formula is C13H11F2N3O. The minimum absolute atomic E-state index is 0.0953. The SMILES string of the molecule is Cc1ncnc(C(=O)Nc2ccc(F)cc2F)c1C. The zero-order valence-corrected chi connectivity index (χ0v) is 10.4. The number of anilines is 1. The fourth-order valence-electron chi connectivity index (χ4n) is 1.54. The summed E-state index contributed by atoms with van der Waals surface area (Å²) in [5.41, 5.74) is 1.35. The van der Waals surface area contributed by atoms with Crippen LogP contribution in [0.5, 0.6) is 0 Å². The third-order valence-electron chi connectivity index (χ3n) is 2.73. The van der Waals surface area contributed by atoms with Crippen LogP contribution in [-0.4, -0.2) is 15.9 Å². The molecular weight excluding hydrogens is 252 g/mol. The van der Waals surface area contributed by atoms with Crippen molar-refractivity contribution in [1.82, 2.24) is 9.97 Å². The summed E-state index contributed by atoms with van der Waals surface area (Å²) in [5.74, 6) is -2.10. The summed E-state index contributed by atoms with van der Waals surface area (Å²) >= 11 is 0. The highest BCUT2D eigenvalue weighted by Gasteiger charge is 2.14. The fraction of sp³-hybridized carbons (Fsp3) is 0.154. The van der Waals surface area contributed by atoms with Crippen molar-refractivity contribution >= 4 is 11.6 Å². The number of aromatic nitrogens is 2. The number of amides is 1. The normalized spacial score (nSPS) is 10.3. The fourth-order valence-corrected chi connectivity index (χ4v) is 1.54. The van der Waals surface area contributed by atoms with Crippen molar-refractivity contribution in [1.29, 1.82) is 0 Å². The molecule has 1 N–H and O–H groups in total. The Kier molecular flexibility index (Phi) is 3.50. The number of aryl methyl sites for hydroxylation is 1. The van der Waals surface area contributed by atoms with Gasteiger partial charge < -0.3 is 5.32 Å². The summed E-state index contributed by atoms with van der Waals surface area (Å²) in [5, 5.41) is 2.35. The van der Waals surface area contributed by atoms with Crippen LogP contribution in [0, 0.1) is 25.5 Å². The maximum Gasteiger partial charge on any atom is 0.274 e. The van der Waals surface area contributed by atoms with E-state index in [1.807, 2.05) is 0 Å². The molecule has 1 amide bonds. The van der Waals surface area contributed by atoms with Gasteiger partial charge in [-0.15, -0.1) is 0 Å². The molecule has 0 aliphatic carbocycles. The standard InChI is InChI=1S/C13H11F2N3O/c1-7-8(2)16-6-17-12(7)13(19)18-11-4-3-9(14)5-10(11)15/h3-6H,1-2H3,(H,18,19). The molecule has 1 aromatic carbocycles. The minimum Gasteiger partial charge on any atom is -0.318 e. The number of hydrogen-bond donors (Lipinski definition) is 1. The summed E-state index contributed by atoms with van der Waals surface area (Å²) in [6, 6.07) is 2.93. The van der Waals surface area contributed by atoms with Crippen LogP contribution in [0.2, 0.25) is 0 Å². The first-order valence-electron chi connectivity index (χ1n) is 5.53. The summed E-state index contributed by atoms with van der Waals surface area (Å²) in [7, 11) is 0. The molecule has 1 heterocycles. The molecule has 0 saturated carbocycles. The van der Waals surface area contributed by atoms with Gasteiger partial charge in [0.05, 0.1) is 5.69 Å². The molecule has 0 saturated heterocycles. The van der Waals surface area contributed by atoms with Gasteiger partial charge in [-0.2, -0.15) is 0 Å². The van der Waals surface area contributed by atoms with Crippen molar-refractivity contribution in [3.05, 3.63) is 53.1 Å². The summed E-state index contributed by atoms with van der Waals surface area (Å²) in [6.07, 6.45) is 1.26. The Bertz CT molecular complexity index is 644. The van der Waals surface area contributed by atoms with Gasteiger partial charge in [-0.05, 0) is 26.0 Å². The lowest BCUT2D eigenvalue weighted by Gasteiger charge is -2.08. The summed E-state index contributed by atoms with van der Waals surface area (Å²) in [4.78, 5) is 19.8. The number of nitrogens with one attached hydrogen (secondary N) is 1. The van der Waals surface area contributed by atoms with Gasteiger partial charge in [0, 0.05) is 17.3 Å². The van der Waals surface area contributed by atoms with Gasteiger partial charge in [0.15, 0.2) is 0 Å². The molecule has 0 atom stereocenters. The Morgan fingerprint density at radius 3 is 2.63 bits per heavy atom. The Morgan fingerprint density at radius 2 is 1.95 bits per heavy atom. The van der Waals surface area contributed by atoms with Crippen LogP contribution in [-0.2, 0) is 0 Å². The molecule has 2 aromatic rings. The van der Waals surface area contributed by atoms with E-state index in [-0.39, 0.29) is 11.4 Å². The topological polar surface area (TPSA) is 54.9 Å². The number of hydrogen-bond acceptors (Lipinski definition) is 3. The van der Waals surface area contributed by atoms with E-state index >= 15 is 0 Å². The lowest BCUT2D eigenvalue weighted by molar-refractivity contribution is 0.102. The maximum absolute atomic E-state index is 13.4. The van der Waals surface area contributed by atoms with Crippen molar-refractivity contribution in [3.63, 3.8) is 0 Å². The van der Waals surface area contributed by atoms with Gasteiger partial charge in [0.2, 0.25) is 0 Å². The lowest BCUT2D eigenvalue weighted by Crippen LogP contribution is -2.17. The monoisotopic (exact) mass is 263 g/mol. The van der Waals surface area contributed by atoms with Gasteiger partial charge >= 0.3 is 0 Å². The zero-order valence-electron chi connectivity index (χ0n) is 10.4. The van der Waals surface area contributed by atoms with E-state index in [9.17, 15) is 13.6 Å². The number of carbonyl (C=O) groups is 1. The molecule has 98 valence electrons. The predicted octanol–water partition coefficient (Wildman–Crippen LogP) is 2.62. The lowest BCUT2D eigenvalue weighted by atomic mass is 10.2. The molecule has 2 rings (SSSR count). The zero-order chi connectivity index (χ0) is 14.0. The van der Waals surface area contributed by atoms with Crippen LogP contribution in [0.4, 0.5) is 14.5 Å². The molecule has 0 aliphatic heterocycles. The molecule has 0 fully saturated rings. The molecule has 0 aliphatic rings. The number of carbonyl (C=O) groups excluding carboxylic acids is 1. The van der Waals surface area contributed by atoms with E-state index in [1.165, 1.54) is 6.33 Å². The van der Waals surface area contributed by atoms with Crippen LogP contribution in [0.1, 0.15) is 21.7 Å². The molecule has 0 spiro atoms. The molecule has 1 aromatic heterocycles. The molecule has 19 heavy (non-hydrogen) atoms. The van der Waals surface area contributed by atoms with Crippen LogP contribution in [0.3, 0.4) is 0 Å². The van der Waals surface area contributed by atoms with Crippen LogP contribution in [0.15, 0.2) is 24.5 Å². The summed E-state index contributed by atoms with van der Waals surface area (Å²) < 4.78 is 26.2. The Morgan fingerprint density at radius 1 is 1.21 bits per heavy atom. The van der Waals surface area contributed by atoms with Crippen molar-refractivity contribution in [2.45, 2.75) is 13.8 Å². The largest absolute Gasteiger partial charge is 0.318 e. The van der Waals surface area contributed by atoms with E-state index in [0.29, 0.717) is 17.3 Å². The highest BCUT2D eigenvalue weighted by Crippen LogP contribution is 2.16. The smallest absolute Gasteiger partial charge is 0.274 e. The number of halogens is 2. The minimum atomic E-state index is -0.836. The summed E-state index contributed by atoms with van der Waals surface area (Å²) in [6.45, 7) is 3.44. The van der Waals surface area contributed by atoms with E-state index in [0.717, 1.165) is 12.1 Å². The van der Waals surface area contributed by atoms with Gasteiger partial charge in [-0.3, -0.25) is 4.79 Å². The van der Waals surface area contributed by atoms with Crippen LogP contribution >= 0.6 is 0 Å². The Balaban J connectivity index is 2.28.